The molecule has 1 fully saturated rings. The molecule has 0 bridgehead atoms. The number of pyridine rings is 1. The zero-order chi connectivity index (χ0) is 7.90. The summed E-state index contributed by atoms with van der Waals surface area (Å²) in [6, 6.07) is 1.35. The van der Waals surface area contributed by atoms with E-state index in [4.69, 9.17) is 5.73 Å². The van der Waals surface area contributed by atoms with E-state index in [2.05, 4.69) is 4.98 Å². The minimum absolute atomic E-state index is 0.236. The van der Waals surface area contributed by atoms with E-state index in [1.165, 1.54) is 18.5 Å². The first kappa shape index (κ1) is 6.73. The Morgan fingerprint density at radius 1 is 1.55 bits per heavy atom. The third kappa shape index (κ3) is 1.01. The van der Waals surface area contributed by atoms with Gasteiger partial charge in [-0.05, 0) is 18.9 Å². The van der Waals surface area contributed by atoms with Gasteiger partial charge in [0.1, 0.15) is 5.82 Å². The Balaban J connectivity index is 2.45. The maximum absolute atomic E-state index is 13.0. The molecule has 1 aromatic heterocycles. The van der Waals surface area contributed by atoms with Gasteiger partial charge in [-0.2, -0.15) is 0 Å². The molecule has 0 aromatic carbocycles. The van der Waals surface area contributed by atoms with Crippen molar-refractivity contribution < 1.29 is 4.39 Å². The highest BCUT2D eigenvalue weighted by Crippen LogP contribution is 2.43. The predicted molar refractivity (Wildman–Crippen MR) is 39.3 cm³/mol. The fourth-order valence-corrected chi connectivity index (χ4v) is 1.15. The summed E-state index contributed by atoms with van der Waals surface area (Å²) in [4.78, 5) is 3.83. The lowest BCUT2D eigenvalue weighted by Gasteiger charge is -2.07. The highest BCUT2D eigenvalue weighted by atomic mass is 19.1. The number of hydrogen-bond donors (Lipinski definition) is 1. The molecule has 2 rings (SSSR count). The zero-order valence-corrected chi connectivity index (χ0v) is 6.05. The van der Waals surface area contributed by atoms with Crippen molar-refractivity contribution in [3.05, 3.63) is 29.8 Å². The van der Waals surface area contributed by atoms with Gasteiger partial charge in [-0.1, -0.05) is 0 Å². The van der Waals surface area contributed by atoms with Gasteiger partial charge in [-0.25, -0.2) is 4.39 Å². The molecule has 0 atom stereocenters. The molecule has 2 N–H and O–H groups in total. The van der Waals surface area contributed by atoms with Crippen LogP contribution in [-0.2, 0) is 5.54 Å². The second-order valence-electron chi connectivity index (χ2n) is 3.01. The van der Waals surface area contributed by atoms with Gasteiger partial charge in [0.15, 0.2) is 0 Å². The minimum atomic E-state index is -0.404. The number of rotatable bonds is 1. The number of halogens is 1. The second-order valence-corrected chi connectivity index (χ2v) is 3.01. The quantitative estimate of drug-likeness (QED) is 0.656. The van der Waals surface area contributed by atoms with Crippen molar-refractivity contribution in [3.63, 3.8) is 0 Å². The van der Waals surface area contributed by atoms with E-state index < -0.39 is 5.54 Å². The summed E-state index contributed by atoms with van der Waals surface area (Å²) in [6.07, 6.45) is 4.69. The molecule has 1 aliphatic carbocycles. The second kappa shape index (κ2) is 2.01. The molecule has 0 aliphatic heterocycles. The van der Waals surface area contributed by atoms with E-state index in [1.54, 1.807) is 0 Å². The molecule has 1 heterocycles. The predicted octanol–water partition coefficient (Wildman–Crippen LogP) is 1.17. The number of aromatic nitrogens is 1. The maximum Gasteiger partial charge on any atom is 0.131 e. The Morgan fingerprint density at radius 2 is 2.27 bits per heavy atom. The van der Waals surface area contributed by atoms with Crippen molar-refractivity contribution in [3.8, 4) is 0 Å². The van der Waals surface area contributed by atoms with Crippen LogP contribution in [0, 0.1) is 5.82 Å². The molecule has 1 aliphatic rings. The molecule has 3 heteroatoms. The molecule has 0 amide bonds. The van der Waals surface area contributed by atoms with Crippen LogP contribution in [0.4, 0.5) is 4.39 Å². The molecule has 1 saturated carbocycles. The van der Waals surface area contributed by atoms with Crippen molar-refractivity contribution in [2.24, 2.45) is 5.73 Å². The van der Waals surface area contributed by atoms with Gasteiger partial charge < -0.3 is 5.73 Å². The van der Waals surface area contributed by atoms with Gasteiger partial charge in [0.2, 0.25) is 0 Å². The summed E-state index contributed by atoms with van der Waals surface area (Å²) in [6.45, 7) is 0. The monoisotopic (exact) mass is 152 g/mol. The van der Waals surface area contributed by atoms with Gasteiger partial charge in [0, 0.05) is 23.5 Å². The third-order valence-electron chi connectivity index (χ3n) is 2.09. The summed E-state index contributed by atoms with van der Waals surface area (Å²) >= 11 is 0. The molecule has 0 spiro atoms. The van der Waals surface area contributed by atoms with Crippen LogP contribution in [0.2, 0.25) is 0 Å². The van der Waals surface area contributed by atoms with Crippen molar-refractivity contribution in [1.29, 1.82) is 0 Å². The fourth-order valence-electron chi connectivity index (χ4n) is 1.15. The Kier molecular flexibility index (Phi) is 1.23. The van der Waals surface area contributed by atoms with E-state index in [0.717, 1.165) is 12.8 Å². The van der Waals surface area contributed by atoms with E-state index in [-0.39, 0.29) is 5.82 Å². The van der Waals surface area contributed by atoms with E-state index in [9.17, 15) is 4.39 Å². The summed E-state index contributed by atoms with van der Waals surface area (Å²) in [5.41, 5.74) is 5.94. The zero-order valence-electron chi connectivity index (χ0n) is 6.05. The minimum Gasteiger partial charge on any atom is -0.321 e. The topological polar surface area (TPSA) is 38.9 Å². The maximum atomic E-state index is 13.0. The molecule has 1 aromatic rings. The van der Waals surface area contributed by atoms with E-state index in [0.29, 0.717) is 5.56 Å². The van der Waals surface area contributed by atoms with Crippen LogP contribution >= 0.6 is 0 Å². The lowest BCUT2D eigenvalue weighted by Crippen LogP contribution is -2.20. The number of nitrogens with zero attached hydrogens (tertiary/aromatic N) is 1. The first-order valence-electron chi connectivity index (χ1n) is 3.61. The van der Waals surface area contributed by atoms with Crippen LogP contribution in [0.15, 0.2) is 18.5 Å². The van der Waals surface area contributed by atoms with Crippen molar-refractivity contribution >= 4 is 0 Å². The van der Waals surface area contributed by atoms with Crippen molar-refractivity contribution in [2.45, 2.75) is 18.4 Å². The van der Waals surface area contributed by atoms with Crippen LogP contribution in [0.3, 0.4) is 0 Å². The lowest BCUT2D eigenvalue weighted by molar-refractivity contribution is 0.574. The van der Waals surface area contributed by atoms with Crippen LogP contribution in [0.25, 0.3) is 0 Å². The van der Waals surface area contributed by atoms with Crippen molar-refractivity contribution in [1.82, 2.24) is 4.98 Å². The van der Waals surface area contributed by atoms with Crippen LogP contribution < -0.4 is 5.73 Å². The van der Waals surface area contributed by atoms with Crippen LogP contribution in [0.5, 0.6) is 0 Å². The highest BCUT2D eigenvalue weighted by Gasteiger charge is 2.42. The van der Waals surface area contributed by atoms with Crippen LogP contribution in [0.1, 0.15) is 18.4 Å². The molecule has 2 nitrogen and oxygen atoms in total. The number of nitrogens with two attached hydrogens (primary N) is 1. The first-order chi connectivity index (χ1) is 5.22. The Labute approximate surface area is 64.2 Å². The molecule has 0 saturated heterocycles. The van der Waals surface area contributed by atoms with Gasteiger partial charge in [-0.3, -0.25) is 4.98 Å². The average Bonchev–Trinajstić information content (AvgIpc) is 2.70. The normalized spacial score (nSPS) is 19.8. The first-order valence-corrected chi connectivity index (χ1v) is 3.61. The highest BCUT2D eigenvalue weighted by molar-refractivity contribution is 5.27. The summed E-state index contributed by atoms with van der Waals surface area (Å²) < 4.78 is 13.0. The van der Waals surface area contributed by atoms with E-state index in [1.807, 2.05) is 0 Å². The molecular weight excluding hydrogens is 143 g/mol. The number of hydrogen-bond acceptors (Lipinski definition) is 2. The Bertz CT molecular complexity index is 281. The van der Waals surface area contributed by atoms with E-state index >= 15 is 0 Å². The third-order valence-corrected chi connectivity index (χ3v) is 2.09. The van der Waals surface area contributed by atoms with Crippen molar-refractivity contribution in [2.75, 3.05) is 0 Å². The SMILES string of the molecule is NC1(c2cnccc2F)CC1. The molecule has 11 heavy (non-hydrogen) atoms. The van der Waals surface area contributed by atoms with Gasteiger partial charge >= 0.3 is 0 Å². The van der Waals surface area contributed by atoms with Gasteiger partial charge in [0.05, 0.1) is 0 Å². The van der Waals surface area contributed by atoms with Gasteiger partial charge in [0.25, 0.3) is 0 Å². The molecule has 0 radical (unpaired) electrons. The summed E-state index contributed by atoms with van der Waals surface area (Å²) in [7, 11) is 0. The summed E-state index contributed by atoms with van der Waals surface area (Å²) in [5.74, 6) is -0.236. The smallest absolute Gasteiger partial charge is 0.131 e. The standard InChI is InChI=1S/C8H9FN2/c9-7-1-4-11-5-6(7)8(10)2-3-8/h1,4-5H,2-3,10H2. The Hall–Kier alpha value is -0.960. The van der Waals surface area contributed by atoms with Crippen LogP contribution in [-0.4, -0.2) is 4.98 Å². The fraction of sp³-hybridized carbons (Fsp3) is 0.375. The average molecular weight is 152 g/mol. The summed E-state index contributed by atoms with van der Waals surface area (Å²) in [5, 5.41) is 0. The largest absolute Gasteiger partial charge is 0.321 e. The lowest BCUT2D eigenvalue weighted by atomic mass is 10.1. The molecule has 58 valence electrons. The molecular formula is C8H9FN2. The van der Waals surface area contributed by atoms with Gasteiger partial charge in [-0.15, -0.1) is 0 Å². The Morgan fingerprint density at radius 3 is 2.82 bits per heavy atom. The molecule has 0 unspecified atom stereocenters.